The first-order valence-corrected chi connectivity index (χ1v) is 10.0. The van der Waals surface area contributed by atoms with E-state index in [2.05, 4.69) is 17.0 Å². The fourth-order valence-corrected chi connectivity index (χ4v) is 6.63. The topological polar surface area (TPSA) is 41.9 Å². The first-order valence-electron chi connectivity index (χ1n) is 10.0. The maximum absolute atomic E-state index is 12.1. The number of methoxy groups -OCH3 is 1. The maximum atomic E-state index is 12.1. The molecule has 1 saturated heterocycles. The number of benzene rings is 1. The largest absolute Gasteiger partial charge is 0.493 e. The zero-order valence-electron chi connectivity index (χ0n) is 15.0. The third-order valence-corrected chi connectivity index (χ3v) is 7.87. The van der Waals surface area contributed by atoms with Gasteiger partial charge in [-0.2, -0.15) is 0 Å². The van der Waals surface area contributed by atoms with E-state index in [9.17, 15) is 5.11 Å². The van der Waals surface area contributed by atoms with Crippen LogP contribution in [-0.2, 0) is 11.8 Å². The fraction of sp³-hybridized carbons (Fsp3) is 0.714. The zero-order chi connectivity index (χ0) is 16.8. The van der Waals surface area contributed by atoms with Crippen molar-refractivity contribution in [3.63, 3.8) is 0 Å². The molecule has 0 radical (unpaired) electrons. The van der Waals surface area contributed by atoms with E-state index in [1.165, 1.54) is 30.5 Å². The van der Waals surface area contributed by atoms with Crippen LogP contribution in [0.3, 0.4) is 0 Å². The molecular formula is C21H27NO3. The first kappa shape index (κ1) is 14.9. The molecule has 2 aliphatic heterocycles. The number of aliphatic hydroxyl groups is 1. The van der Waals surface area contributed by atoms with Crippen LogP contribution in [0.1, 0.15) is 49.7 Å². The minimum atomic E-state index is -0.645. The molecule has 4 heteroatoms. The zero-order valence-corrected chi connectivity index (χ0v) is 15.0. The van der Waals surface area contributed by atoms with Gasteiger partial charge >= 0.3 is 0 Å². The van der Waals surface area contributed by atoms with Crippen LogP contribution in [0.5, 0.6) is 11.5 Å². The van der Waals surface area contributed by atoms with E-state index in [1.807, 2.05) is 0 Å². The number of hydrogen-bond acceptors (Lipinski definition) is 4. The highest BCUT2D eigenvalue weighted by Crippen LogP contribution is 2.65. The molecule has 1 aromatic carbocycles. The van der Waals surface area contributed by atoms with Gasteiger partial charge in [-0.05, 0) is 69.0 Å². The monoisotopic (exact) mass is 341 g/mol. The second kappa shape index (κ2) is 4.72. The Labute approximate surface area is 149 Å². The predicted octanol–water partition coefficient (Wildman–Crippen LogP) is 2.65. The normalized spacial score (nSPS) is 41.2. The third kappa shape index (κ3) is 1.66. The third-order valence-electron chi connectivity index (χ3n) is 7.87. The second-order valence-electron chi connectivity index (χ2n) is 8.93. The summed E-state index contributed by atoms with van der Waals surface area (Å²) in [6, 6.07) is 4.54. The van der Waals surface area contributed by atoms with Crippen molar-refractivity contribution < 1.29 is 14.6 Å². The van der Waals surface area contributed by atoms with Gasteiger partial charge in [-0.3, -0.25) is 4.90 Å². The van der Waals surface area contributed by atoms with Gasteiger partial charge in [0.2, 0.25) is 0 Å². The van der Waals surface area contributed by atoms with Crippen LogP contribution in [0.15, 0.2) is 12.1 Å². The van der Waals surface area contributed by atoms with Gasteiger partial charge in [-0.25, -0.2) is 0 Å². The van der Waals surface area contributed by atoms with Crippen molar-refractivity contribution in [2.24, 2.45) is 5.92 Å². The molecule has 2 saturated carbocycles. The molecule has 2 bridgehead atoms. The van der Waals surface area contributed by atoms with Crippen molar-refractivity contribution in [3.05, 3.63) is 23.3 Å². The van der Waals surface area contributed by atoms with Gasteiger partial charge < -0.3 is 14.6 Å². The highest BCUT2D eigenvalue weighted by Gasteiger charge is 2.71. The van der Waals surface area contributed by atoms with Gasteiger partial charge in [-0.1, -0.05) is 6.07 Å². The highest BCUT2D eigenvalue weighted by molar-refractivity contribution is 5.62. The Morgan fingerprint density at radius 2 is 2.16 bits per heavy atom. The molecule has 0 amide bonds. The average Bonchev–Trinajstić information content (AvgIpc) is 3.35. The predicted molar refractivity (Wildman–Crippen MR) is 94.3 cm³/mol. The van der Waals surface area contributed by atoms with Crippen LogP contribution in [0.4, 0.5) is 0 Å². The maximum Gasteiger partial charge on any atom is 0.165 e. The van der Waals surface area contributed by atoms with Crippen LogP contribution in [0.25, 0.3) is 0 Å². The first-order chi connectivity index (χ1) is 12.2. The minimum Gasteiger partial charge on any atom is -0.493 e. The molecule has 1 aromatic rings. The second-order valence-corrected chi connectivity index (χ2v) is 8.93. The molecule has 3 aliphatic carbocycles. The van der Waals surface area contributed by atoms with Gasteiger partial charge in [0.25, 0.3) is 0 Å². The number of ether oxygens (including phenoxy) is 2. The Balaban J connectivity index is 1.55. The fourth-order valence-electron chi connectivity index (χ4n) is 6.63. The molecular weight excluding hydrogens is 314 g/mol. The van der Waals surface area contributed by atoms with E-state index in [1.54, 1.807) is 7.11 Å². The van der Waals surface area contributed by atoms with Gasteiger partial charge in [0.15, 0.2) is 11.5 Å². The number of nitrogens with zero attached hydrogens (tertiary/aromatic N) is 1. The van der Waals surface area contributed by atoms with E-state index in [0.717, 1.165) is 56.1 Å². The van der Waals surface area contributed by atoms with Gasteiger partial charge in [0.1, 0.15) is 6.10 Å². The lowest BCUT2D eigenvalue weighted by molar-refractivity contribution is -0.185. The van der Waals surface area contributed by atoms with Crippen molar-refractivity contribution in [2.45, 2.75) is 68.1 Å². The van der Waals surface area contributed by atoms with E-state index in [0.29, 0.717) is 0 Å². The molecule has 4 nitrogen and oxygen atoms in total. The SMILES string of the molecule is COc1ccc2c3c1O[C@H]1CCC[C@@]4(O)[C@@H](C2)N(CC2CC2)CCC314. The van der Waals surface area contributed by atoms with E-state index in [4.69, 9.17) is 9.47 Å². The molecule has 3 fully saturated rings. The number of hydrogen-bond donors (Lipinski definition) is 1. The molecule has 0 aromatic heterocycles. The Kier molecular flexibility index (Phi) is 2.80. The summed E-state index contributed by atoms with van der Waals surface area (Å²) in [7, 11) is 1.72. The van der Waals surface area contributed by atoms with Gasteiger partial charge in [-0.15, -0.1) is 0 Å². The molecule has 134 valence electrons. The van der Waals surface area contributed by atoms with E-state index < -0.39 is 5.60 Å². The molecule has 1 N–H and O–H groups in total. The minimum absolute atomic E-state index is 0.113. The van der Waals surface area contributed by atoms with Gasteiger partial charge in [0.05, 0.1) is 18.1 Å². The summed E-state index contributed by atoms with van der Waals surface area (Å²) < 4.78 is 12.1. The summed E-state index contributed by atoms with van der Waals surface area (Å²) in [6.07, 6.45) is 7.85. The summed E-state index contributed by atoms with van der Waals surface area (Å²) in [5, 5.41) is 12.1. The number of piperidine rings is 1. The molecule has 5 aliphatic rings. The van der Waals surface area contributed by atoms with E-state index in [-0.39, 0.29) is 17.6 Å². The molecule has 25 heavy (non-hydrogen) atoms. The smallest absolute Gasteiger partial charge is 0.165 e. The summed E-state index contributed by atoms with van der Waals surface area (Å²) in [4.78, 5) is 2.62. The van der Waals surface area contributed by atoms with Crippen LogP contribution in [0.2, 0.25) is 0 Å². The Morgan fingerprint density at radius 1 is 1.28 bits per heavy atom. The molecule has 6 rings (SSSR count). The summed E-state index contributed by atoms with van der Waals surface area (Å²) >= 11 is 0. The van der Waals surface area contributed by atoms with Crippen LogP contribution >= 0.6 is 0 Å². The van der Waals surface area contributed by atoms with Crippen molar-refractivity contribution >= 4 is 0 Å². The summed E-state index contributed by atoms with van der Waals surface area (Å²) in [5.74, 6) is 2.63. The molecule has 1 unspecified atom stereocenters. The van der Waals surface area contributed by atoms with Crippen LogP contribution < -0.4 is 9.47 Å². The lowest BCUT2D eigenvalue weighted by Crippen LogP contribution is -2.75. The summed E-state index contributed by atoms with van der Waals surface area (Å²) in [6.45, 7) is 2.27. The lowest BCUT2D eigenvalue weighted by atomic mass is 9.49. The summed E-state index contributed by atoms with van der Waals surface area (Å²) in [5.41, 5.74) is 1.82. The van der Waals surface area contributed by atoms with Crippen molar-refractivity contribution in [1.82, 2.24) is 4.90 Å². The van der Waals surface area contributed by atoms with Crippen LogP contribution in [0, 0.1) is 5.92 Å². The molecule has 2 heterocycles. The average molecular weight is 341 g/mol. The Bertz CT molecular complexity index is 745. The van der Waals surface area contributed by atoms with Crippen LogP contribution in [-0.4, -0.2) is 48.0 Å². The molecule has 4 atom stereocenters. The van der Waals surface area contributed by atoms with Crippen molar-refractivity contribution in [2.75, 3.05) is 20.2 Å². The van der Waals surface area contributed by atoms with Gasteiger partial charge in [0, 0.05) is 18.2 Å². The van der Waals surface area contributed by atoms with Crippen molar-refractivity contribution in [1.29, 1.82) is 0 Å². The molecule has 1 spiro atoms. The number of rotatable bonds is 3. The Hall–Kier alpha value is -1.26. The lowest BCUT2D eigenvalue weighted by Gasteiger charge is -2.63. The van der Waals surface area contributed by atoms with E-state index >= 15 is 0 Å². The van der Waals surface area contributed by atoms with Crippen molar-refractivity contribution in [3.8, 4) is 11.5 Å². The number of likely N-dealkylation sites (tertiary alicyclic amines) is 1. The quantitative estimate of drug-likeness (QED) is 0.918. The highest BCUT2D eigenvalue weighted by atomic mass is 16.5. The Morgan fingerprint density at radius 3 is 2.96 bits per heavy atom. The standard InChI is InChI=1S/C21H27NO3/c1-24-15-7-6-14-11-16-21(23)8-2-3-17-20(21,18(14)19(15)25-17)9-10-22(16)12-13-4-5-13/h6-7,13,16-17,23H,2-5,8-12H2,1H3/t16-,17+,20?,21-/m1/s1.